The van der Waals surface area contributed by atoms with Gasteiger partial charge in [0.1, 0.15) is 0 Å². The van der Waals surface area contributed by atoms with Crippen molar-refractivity contribution in [3.8, 4) is 0 Å². The van der Waals surface area contributed by atoms with Crippen LogP contribution in [-0.2, 0) is 4.74 Å². The van der Waals surface area contributed by atoms with Crippen LogP contribution in [0.4, 0.5) is 0 Å². The topological polar surface area (TPSA) is 32.8 Å². The van der Waals surface area contributed by atoms with Gasteiger partial charge in [0.25, 0.3) is 0 Å². The van der Waals surface area contributed by atoms with E-state index in [0.717, 1.165) is 19.4 Å². The Morgan fingerprint density at radius 1 is 1.73 bits per heavy atom. The first kappa shape index (κ1) is 9.01. The number of aliphatic hydroxyl groups is 1. The van der Waals surface area contributed by atoms with E-state index in [9.17, 15) is 5.11 Å². The van der Waals surface area contributed by atoms with Crippen LogP contribution in [0.15, 0.2) is 0 Å². The Morgan fingerprint density at radius 3 is 2.64 bits per heavy atom. The van der Waals surface area contributed by atoms with E-state index < -0.39 is 5.60 Å². The molecule has 1 fully saturated rings. The zero-order chi connectivity index (χ0) is 8.48. The van der Waals surface area contributed by atoms with Crippen LogP contribution >= 0.6 is 0 Å². The zero-order valence-electron chi connectivity index (χ0n) is 7.63. The standard InChI is InChI=1S/C9H18O2/c1-4-7(2)9(3,10)5-8-6-11-8/h7-8,10H,4-6H2,1-3H3/t7-,8+,9-/m0/s1. The quantitative estimate of drug-likeness (QED) is 0.630. The molecule has 0 spiro atoms. The third kappa shape index (κ3) is 2.46. The highest BCUT2D eigenvalue weighted by atomic mass is 16.6. The van der Waals surface area contributed by atoms with Gasteiger partial charge in [-0.05, 0) is 12.8 Å². The molecule has 0 aliphatic carbocycles. The number of hydrogen-bond acceptors (Lipinski definition) is 2. The molecule has 11 heavy (non-hydrogen) atoms. The van der Waals surface area contributed by atoms with Gasteiger partial charge < -0.3 is 9.84 Å². The summed E-state index contributed by atoms with van der Waals surface area (Å²) in [6.45, 7) is 6.94. The van der Waals surface area contributed by atoms with Crippen LogP contribution in [0.25, 0.3) is 0 Å². The predicted molar refractivity (Wildman–Crippen MR) is 44.4 cm³/mol. The van der Waals surface area contributed by atoms with Gasteiger partial charge in [-0.3, -0.25) is 0 Å². The van der Waals surface area contributed by atoms with Crippen molar-refractivity contribution in [3.05, 3.63) is 0 Å². The van der Waals surface area contributed by atoms with Gasteiger partial charge in [0.15, 0.2) is 0 Å². The third-order valence-electron chi connectivity index (χ3n) is 2.72. The van der Waals surface area contributed by atoms with Crippen molar-refractivity contribution in [2.24, 2.45) is 5.92 Å². The van der Waals surface area contributed by atoms with E-state index in [1.54, 1.807) is 0 Å². The van der Waals surface area contributed by atoms with Crippen molar-refractivity contribution in [1.29, 1.82) is 0 Å². The second-order valence-corrected chi connectivity index (χ2v) is 3.83. The molecule has 3 atom stereocenters. The van der Waals surface area contributed by atoms with Gasteiger partial charge in [-0.2, -0.15) is 0 Å². The maximum Gasteiger partial charge on any atom is 0.0837 e. The Hall–Kier alpha value is -0.0800. The lowest BCUT2D eigenvalue weighted by Gasteiger charge is -2.28. The average molecular weight is 158 g/mol. The number of epoxide rings is 1. The molecule has 2 nitrogen and oxygen atoms in total. The van der Waals surface area contributed by atoms with E-state index in [4.69, 9.17) is 4.74 Å². The summed E-state index contributed by atoms with van der Waals surface area (Å²) in [5.74, 6) is 0.367. The molecule has 1 heterocycles. The summed E-state index contributed by atoms with van der Waals surface area (Å²) >= 11 is 0. The Labute approximate surface area is 68.6 Å². The van der Waals surface area contributed by atoms with E-state index in [1.807, 2.05) is 6.92 Å². The van der Waals surface area contributed by atoms with E-state index in [1.165, 1.54) is 0 Å². The van der Waals surface area contributed by atoms with Crippen LogP contribution in [0.1, 0.15) is 33.6 Å². The summed E-state index contributed by atoms with van der Waals surface area (Å²) in [6, 6.07) is 0. The van der Waals surface area contributed by atoms with Crippen molar-refractivity contribution in [3.63, 3.8) is 0 Å². The van der Waals surface area contributed by atoms with Gasteiger partial charge in [0, 0.05) is 6.42 Å². The maximum absolute atomic E-state index is 9.91. The highest BCUT2D eigenvalue weighted by Crippen LogP contribution is 2.29. The van der Waals surface area contributed by atoms with Gasteiger partial charge in [0.2, 0.25) is 0 Å². The van der Waals surface area contributed by atoms with E-state index in [2.05, 4.69) is 13.8 Å². The molecular weight excluding hydrogens is 140 g/mol. The summed E-state index contributed by atoms with van der Waals surface area (Å²) in [5.41, 5.74) is -0.532. The molecule has 0 aromatic rings. The molecule has 0 aromatic heterocycles. The molecule has 0 saturated carbocycles. The number of hydrogen-bond donors (Lipinski definition) is 1. The molecule has 0 aromatic carbocycles. The SMILES string of the molecule is CC[C@H](C)[C@@](C)(O)C[C@@H]1CO1. The summed E-state index contributed by atoms with van der Waals surface area (Å²) in [5, 5.41) is 9.91. The van der Waals surface area contributed by atoms with Gasteiger partial charge in [-0.25, -0.2) is 0 Å². The maximum atomic E-state index is 9.91. The first-order valence-electron chi connectivity index (χ1n) is 4.40. The molecule has 2 heteroatoms. The molecule has 1 N–H and O–H groups in total. The van der Waals surface area contributed by atoms with Gasteiger partial charge in [-0.1, -0.05) is 20.3 Å². The minimum Gasteiger partial charge on any atom is -0.390 e. The van der Waals surface area contributed by atoms with Crippen molar-refractivity contribution in [1.82, 2.24) is 0 Å². The van der Waals surface area contributed by atoms with Crippen molar-refractivity contribution >= 4 is 0 Å². The Kier molecular flexibility index (Phi) is 2.55. The molecule has 0 radical (unpaired) electrons. The first-order chi connectivity index (χ1) is 5.06. The van der Waals surface area contributed by atoms with Crippen LogP contribution in [0.2, 0.25) is 0 Å². The second-order valence-electron chi connectivity index (χ2n) is 3.83. The second kappa shape index (κ2) is 3.11. The summed E-state index contributed by atoms with van der Waals surface area (Å²) < 4.78 is 5.08. The van der Waals surface area contributed by atoms with Gasteiger partial charge in [0.05, 0.1) is 18.3 Å². The molecule has 0 bridgehead atoms. The van der Waals surface area contributed by atoms with Gasteiger partial charge in [-0.15, -0.1) is 0 Å². The van der Waals surface area contributed by atoms with Crippen LogP contribution < -0.4 is 0 Å². The van der Waals surface area contributed by atoms with Gasteiger partial charge >= 0.3 is 0 Å². The van der Waals surface area contributed by atoms with Crippen molar-refractivity contribution in [2.75, 3.05) is 6.61 Å². The highest BCUT2D eigenvalue weighted by molar-refractivity contribution is 4.85. The van der Waals surface area contributed by atoms with Crippen LogP contribution in [0.5, 0.6) is 0 Å². The predicted octanol–water partition coefficient (Wildman–Crippen LogP) is 1.57. The fourth-order valence-electron chi connectivity index (χ4n) is 1.29. The molecule has 1 aliphatic rings. The Morgan fingerprint density at radius 2 is 2.27 bits per heavy atom. The third-order valence-corrected chi connectivity index (χ3v) is 2.72. The molecule has 1 rings (SSSR count). The summed E-state index contributed by atoms with van der Waals surface area (Å²) in [6.07, 6.45) is 2.15. The highest BCUT2D eigenvalue weighted by Gasteiger charge is 2.35. The van der Waals surface area contributed by atoms with Crippen LogP contribution in [0.3, 0.4) is 0 Å². The van der Waals surface area contributed by atoms with Crippen LogP contribution in [-0.4, -0.2) is 23.4 Å². The minimum absolute atomic E-state index is 0.332. The lowest BCUT2D eigenvalue weighted by molar-refractivity contribution is -0.00902. The molecule has 0 amide bonds. The first-order valence-corrected chi connectivity index (χ1v) is 4.40. The van der Waals surface area contributed by atoms with Crippen molar-refractivity contribution in [2.45, 2.75) is 45.3 Å². The number of rotatable bonds is 4. The fourth-order valence-corrected chi connectivity index (χ4v) is 1.29. The summed E-state index contributed by atoms with van der Waals surface area (Å²) in [7, 11) is 0. The van der Waals surface area contributed by atoms with E-state index in [0.29, 0.717) is 12.0 Å². The Bertz CT molecular complexity index is 128. The van der Waals surface area contributed by atoms with E-state index in [-0.39, 0.29) is 0 Å². The summed E-state index contributed by atoms with van der Waals surface area (Å²) in [4.78, 5) is 0. The lowest BCUT2D eigenvalue weighted by Crippen LogP contribution is -2.33. The largest absolute Gasteiger partial charge is 0.390 e. The number of ether oxygens (including phenoxy) is 1. The fraction of sp³-hybridized carbons (Fsp3) is 1.00. The smallest absolute Gasteiger partial charge is 0.0837 e. The minimum atomic E-state index is -0.532. The van der Waals surface area contributed by atoms with E-state index >= 15 is 0 Å². The monoisotopic (exact) mass is 158 g/mol. The lowest BCUT2D eigenvalue weighted by atomic mass is 9.85. The Balaban J connectivity index is 2.35. The molecule has 66 valence electrons. The molecular formula is C9H18O2. The van der Waals surface area contributed by atoms with Crippen molar-refractivity contribution < 1.29 is 9.84 Å². The van der Waals surface area contributed by atoms with Crippen LogP contribution in [0, 0.1) is 5.92 Å². The average Bonchev–Trinajstić information content (AvgIpc) is 2.69. The normalized spacial score (nSPS) is 31.1. The molecule has 1 saturated heterocycles. The molecule has 1 aliphatic heterocycles. The molecule has 0 unspecified atom stereocenters. The zero-order valence-corrected chi connectivity index (χ0v) is 7.63.